The van der Waals surface area contributed by atoms with Gasteiger partial charge in [0.2, 0.25) is 0 Å². The minimum Gasteiger partial charge on any atom is -0.384 e. The third-order valence-corrected chi connectivity index (χ3v) is 2.12. The molecule has 1 unspecified atom stereocenters. The van der Waals surface area contributed by atoms with Crippen LogP contribution in [0, 0.1) is 0 Å². The van der Waals surface area contributed by atoms with E-state index in [4.69, 9.17) is 0 Å². The third-order valence-electron chi connectivity index (χ3n) is 2.12. The Kier molecular flexibility index (Phi) is 3.60. The Morgan fingerprint density at radius 3 is 2.50 bits per heavy atom. The lowest BCUT2D eigenvalue weighted by molar-refractivity contribution is -0.116. The normalized spacial score (nSPS) is 12.1. The van der Waals surface area contributed by atoms with E-state index < -0.39 is 6.10 Å². The quantitative estimate of drug-likeness (QED) is 0.739. The van der Waals surface area contributed by atoms with Crippen LogP contribution in [0.15, 0.2) is 42.5 Å². The summed E-state index contributed by atoms with van der Waals surface area (Å²) in [4.78, 5) is 11.3. The van der Waals surface area contributed by atoms with Crippen molar-refractivity contribution in [3.63, 3.8) is 0 Å². The number of benzene rings is 1. The van der Waals surface area contributed by atoms with Gasteiger partial charge in [0.15, 0.2) is 5.78 Å². The fourth-order valence-corrected chi connectivity index (χ4v) is 1.22. The van der Waals surface area contributed by atoms with E-state index in [9.17, 15) is 9.90 Å². The molecule has 0 amide bonds. The van der Waals surface area contributed by atoms with Crippen molar-refractivity contribution in [2.75, 3.05) is 0 Å². The minimum atomic E-state index is -0.872. The highest BCUT2D eigenvalue weighted by Crippen LogP contribution is 2.20. The lowest BCUT2D eigenvalue weighted by Crippen LogP contribution is -2.09. The zero-order valence-corrected chi connectivity index (χ0v) is 8.23. The molecule has 2 heteroatoms. The van der Waals surface area contributed by atoms with Crippen LogP contribution in [0.5, 0.6) is 0 Å². The van der Waals surface area contributed by atoms with Crippen molar-refractivity contribution >= 4 is 5.78 Å². The topological polar surface area (TPSA) is 37.3 Å². The molecule has 0 spiro atoms. The van der Waals surface area contributed by atoms with E-state index in [0.29, 0.717) is 12.0 Å². The van der Waals surface area contributed by atoms with Crippen molar-refractivity contribution < 1.29 is 9.90 Å². The molecule has 1 N–H and O–H groups in total. The van der Waals surface area contributed by atoms with Crippen LogP contribution < -0.4 is 0 Å². The highest BCUT2D eigenvalue weighted by Gasteiger charge is 2.15. The van der Waals surface area contributed by atoms with Gasteiger partial charge in [-0.1, -0.05) is 43.8 Å². The number of rotatable bonds is 4. The second-order valence-electron chi connectivity index (χ2n) is 3.12. The molecule has 1 atom stereocenters. The van der Waals surface area contributed by atoms with Gasteiger partial charge in [-0.3, -0.25) is 4.79 Å². The lowest BCUT2D eigenvalue weighted by atomic mass is 9.99. The van der Waals surface area contributed by atoms with Crippen LogP contribution in [-0.2, 0) is 4.79 Å². The zero-order valence-electron chi connectivity index (χ0n) is 8.23. The number of hydrogen-bond acceptors (Lipinski definition) is 2. The summed E-state index contributed by atoms with van der Waals surface area (Å²) >= 11 is 0. The van der Waals surface area contributed by atoms with Crippen LogP contribution in [-0.4, -0.2) is 10.9 Å². The maximum Gasteiger partial charge on any atom is 0.160 e. The Hall–Kier alpha value is -1.41. The van der Waals surface area contributed by atoms with Crippen molar-refractivity contribution in [1.29, 1.82) is 0 Å². The van der Waals surface area contributed by atoms with Crippen LogP contribution in [0.2, 0.25) is 0 Å². The first-order chi connectivity index (χ1) is 6.66. The molecule has 0 heterocycles. The van der Waals surface area contributed by atoms with Gasteiger partial charge in [-0.15, -0.1) is 0 Å². The van der Waals surface area contributed by atoms with E-state index in [1.807, 2.05) is 18.2 Å². The van der Waals surface area contributed by atoms with Gasteiger partial charge in [0.25, 0.3) is 0 Å². The molecule has 0 saturated carbocycles. The fraction of sp³-hybridized carbons (Fsp3) is 0.250. The molecule has 0 radical (unpaired) electrons. The first-order valence-corrected chi connectivity index (χ1v) is 4.61. The minimum absolute atomic E-state index is 0.0960. The van der Waals surface area contributed by atoms with Gasteiger partial charge in [-0.2, -0.15) is 0 Å². The first-order valence-electron chi connectivity index (χ1n) is 4.61. The van der Waals surface area contributed by atoms with Gasteiger partial charge in [0.05, 0.1) is 0 Å². The Balaban J connectivity index is 2.81. The number of carbonyl (C=O) groups is 1. The Morgan fingerprint density at radius 2 is 2.00 bits per heavy atom. The average molecular weight is 190 g/mol. The van der Waals surface area contributed by atoms with Crippen molar-refractivity contribution in [3.05, 3.63) is 48.0 Å². The van der Waals surface area contributed by atoms with Gasteiger partial charge in [-0.25, -0.2) is 0 Å². The number of carbonyl (C=O) groups excluding carboxylic acids is 1. The fourth-order valence-electron chi connectivity index (χ4n) is 1.22. The molecule has 74 valence electrons. The van der Waals surface area contributed by atoms with E-state index in [0.717, 1.165) is 0 Å². The predicted molar refractivity (Wildman–Crippen MR) is 55.8 cm³/mol. The van der Waals surface area contributed by atoms with E-state index in [1.54, 1.807) is 19.1 Å². The number of Topliss-reactive ketones (excluding diaryl/α,β-unsaturated/α-hetero) is 1. The predicted octanol–water partition coefficient (Wildman–Crippen LogP) is 2.26. The molecule has 14 heavy (non-hydrogen) atoms. The van der Waals surface area contributed by atoms with Crippen molar-refractivity contribution in [3.8, 4) is 0 Å². The lowest BCUT2D eigenvalue weighted by Gasteiger charge is -2.12. The smallest absolute Gasteiger partial charge is 0.160 e. The Bertz CT molecular complexity index is 327. The van der Waals surface area contributed by atoms with Crippen molar-refractivity contribution in [2.24, 2.45) is 0 Å². The zero-order chi connectivity index (χ0) is 10.6. The molecule has 1 aromatic carbocycles. The Labute approximate surface area is 83.9 Å². The molecule has 0 aliphatic rings. The molecule has 1 rings (SSSR count). The summed E-state index contributed by atoms with van der Waals surface area (Å²) in [6.07, 6.45) is -0.494. The molecular weight excluding hydrogens is 176 g/mol. The largest absolute Gasteiger partial charge is 0.384 e. The molecule has 0 saturated heterocycles. The Morgan fingerprint density at radius 1 is 1.43 bits per heavy atom. The summed E-state index contributed by atoms with van der Waals surface area (Å²) in [5.74, 6) is -0.0960. The molecule has 1 aromatic rings. The SMILES string of the molecule is C=C(C(=O)CC)C(O)c1ccccc1. The number of aliphatic hydroxyl groups is 1. The number of ketones is 1. The van der Waals surface area contributed by atoms with E-state index in [-0.39, 0.29) is 11.4 Å². The number of hydrogen-bond donors (Lipinski definition) is 1. The van der Waals surface area contributed by atoms with Crippen molar-refractivity contribution in [2.45, 2.75) is 19.4 Å². The van der Waals surface area contributed by atoms with E-state index >= 15 is 0 Å². The summed E-state index contributed by atoms with van der Waals surface area (Å²) in [5.41, 5.74) is 0.970. The van der Waals surface area contributed by atoms with Gasteiger partial charge >= 0.3 is 0 Å². The second-order valence-corrected chi connectivity index (χ2v) is 3.12. The number of aliphatic hydroxyl groups excluding tert-OH is 1. The van der Waals surface area contributed by atoms with Crippen molar-refractivity contribution in [1.82, 2.24) is 0 Å². The molecule has 0 bridgehead atoms. The maximum absolute atomic E-state index is 11.3. The molecule has 0 fully saturated rings. The van der Waals surface area contributed by atoms with Crippen LogP contribution in [0.4, 0.5) is 0 Å². The van der Waals surface area contributed by atoms with E-state index in [1.165, 1.54) is 0 Å². The second kappa shape index (κ2) is 4.72. The summed E-state index contributed by atoms with van der Waals surface area (Å²) in [6.45, 7) is 5.36. The maximum atomic E-state index is 11.3. The van der Waals surface area contributed by atoms with Crippen LogP contribution in [0.25, 0.3) is 0 Å². The average Bonchev–Trinajstić information content (AvgIpc) is 2.27. The highest BCUT2D eigenvalue weighted by molar-refractivity contribution is 5.95. The molecule has 0 aromatic heterocycles. The summed E-state index contributed by atoms with van der Waals surface area (Å²) in [6, 6.07) is 9.06. The molecule has 0 aliphatic carbocycles. The van der Waals surface area contributed by atoms with Crippen LogP contribution in [0.1, 0.15) is 25.0 Å². The first kappa shape index (κ1) is 10.7. The van der Waals surface area contributed by atoms with Gasteiger partial charge in [0, 0.05) is 12.0 Å². The molecule has 0 aliphatic heterocycles. The molecular formula is C12H14O2. The van der Waals surface area contributed by atoms with E-state index in [2.05, 4.69) is 6.58 Å². The summed E-state index contributed by atoms with van der Waals surface area (Å²) in [7, 11) is 0. The summed E-state index contributed by atoms with van der Waals surface area (Å²) in [5, 5.41) is 9.77. The van der Waals surface area contributed by atoms with Gasteiger partial charge in [0.1, 0.15) is 6.10 Å². The standard InChI is InChI=1S/C12H14O2/c1-3-11(13)9(2)12(14)10-7-5-4-6-8-10/h4-8,12,14H,2-3H2,1H3. The monoisotopic (exact) mass is 190 g/mol. The van der Waals surface area contributed by atoms with Crippen LogP contribution >= 0.6 is 0 Å². The molecule has 2 nitrogen and oxygen atoms in total. The van der Waals surface area contributed by atoms with Gasteiger partial charge in [-0.05, 0) is 5.56 Å². The van der Waals surface area contributed by atoms with Crippen LogP contribution in [0.3, 0.4) is 0 Å². The highest BCUT2D eigenvalue weighted by atomic mass is 16.3. The summed E-state index contributed by atoms with van der Waals surface area (Å²) < 4.78 is 0. The third kappa shape index (κ3) is 2.30. The van der Waals surface area contributed by atoms with Gasteiger partial charge < -0.3 is 5.11 Å².